The van der Waals surface area contributed by atoms with Gasteiger partial charge in [-0.3, -0.25) is 9.59 Å². The van der Waals surface area contributed by atoms with Crippen LogP contribution in [0.3, 0.4) is 0 Å². The van der Waals surface area contributed by atoms with E-state index in [4.69, 9.17) is 0 Å². The van der Waals surface area contributed by atoms with Crippen molar-refractivity contribution in [1.82, 2.24) is 9.80 Å². The van der Waals surface area contributed by atoms with E-state index in [2.05, 4.69) is 0 Å². The molecule has 4 rings (SSSR count). The molecule has 0 saturated carbocycles. The number of piperazine rings is 1. The fourth-order valence-electron chi connectivity index (χ4n) is 3.27. The quantitative estimate of drug-likeness (QED) is 0.758. The molecular formula is C20H18N2O3S. The van der Waals surface area contributed by atoms with Gasteiger partial charge in [0.1, 0.15) is 5.75 Å². The third kappa shape index (κ3) is 2.93. The summed E-state index contributed by atoms with van der Waals surface area (Å²) in [6.45, 7) is 1.91. The van der Waals surface area contributed by atoms with E-state index in [9.17, 15) is 14.7 Å². The van der Waals surface area contributed by atoms with Gasteiger partial charge in [0, 0.05) is 31.6 Å². The highest BCUT2D eigenvalue weighted by molar-refractivity contribution is 7.12. The molecular weight excluding hydrogens is 348 g/mol. The maximum Gasteiger partial charge on any atom is 0.264 e. The zero-order valence-corrected chi connectivity index (χ0v) is 14.9. The molecule has 2 aromatic carbocycles. The molecule has 26 heavy (non-hydrogen) atoms. The summed E-state index contributed by atoms with van der Waals surface area (Å²) in [6.07, 6.45) is 0. The van der Waals surface area contributed by atoms with Gasteiger partial charge in [-0.05, 0) is 22.9 Å². The Morgan fingerprint density at radius 2 is 1.54 bits per heavy atom. The number of thiophene rings is 1. The number of nitrogens with zero attached hydrogens (tertiary/aromatic N) is 2. The summed E-state index contributed by atoms with van der Waals surface area (Å²) in [4.78, 5) is 29.4. The molecule has 2 heterocycles. The second kappa shape index (κ2) is 6.80. The summed E-state index contributed by atoms with van der Waals surface area (Å²) in [6, 6.07) is 14.6. The Morgan fingerprint density at radius 3 is 2.23 bits per heavy atom. The van der Waals surface area contributed by atoms with Crippen molar-refractivity contribution in [2.45, 2.75) is 0 Å². The normalized spacial score (nSPS) is 14.6. The van der Waals surface area contributed by atoms with Crippen molar-refractivity contribution < 1.29 is 14.7 Å². The number of hydrogen-bond acceptors (Lipinski definition) is 4. The summed E-state index contributed by atoms with van der Waals surface area (Å²) in [5, 5.41) is 14.0. The Morgan fingerprint density at radius 1 is 0.846 bits per heavy atom. The number of aromatic hydroxyl groups is 1. The highest BCUT2D eigenvalue weighted by Gasteiger charge is 2.27. The Balaban J connectivity index is 1.49. The first-order valence-corrected chi connectivity index (χ1v) is 9.36. The van der Waals surface area contributed by atoms with E-state index in [1.807, 2.05) is 41.8 Å². The minimum Gasteiger partial charge on any atom is -0.506 e. The van der Waals surface area contributed by atoms with Gasteiger partial charge in [0.05, 0.1) is 10.4 Å². The van der Waals surface area contributed by atoms with Crippen LogP contribution in [0.15, 0.2) is 53.9 Å². The monoisotopic (exact) mass is 366 g/mol. The SMILES string of the molecule is O=C(c1cccs1)N1CCN(C(=O)c2ccc3ccccc3c2O)CC1. The van der Waals surface area contributed by atoms with E-state index in [0.717, 1.165) is 10.3 Å². The lowest BCUT2D eigenvalue weighted by Crippen LogP contribution is -2.50. The highest BCUT2D eigenvalue weighted by Crippen LogP contribution is 2.29. The second-order valence-electron chi connectivity index (χ2n) is 6.24. The smallest absolute Gasteiger partial charge is 0.264 e. The highest BCUT2D eigenvalue weighted by atomic mass is 32.1. The fourth-order valence-corrected chi connectivity index (χ4v) is 3.96. The number of rotatable bonds is 2. The third-order valence-corrected chi connectivity index (χ3v) is 5.57. The number of phenolic OH excluding ortho intramolecular Hbond substituents is 1. The Kier molecular flexibility index (Phi) is 4.34. The summed E-state index contributed by atoms with van der Waals surface area (Å²) in [7, 11) is 0. The van der Waals surface area contributed by atoms with Crippen LogP contribution in [-0.4, -0.2) is 52.9 Å². The van der Waals surface area contributed by atoms with Gasteiger partial charge in [0.25, 0.3) is 11.8 Å². The number of carbonyl (C=O) groups excluding carboxylic acids is 2. The predicted octanol–water partition coefficient (Wildman–Crippen LogP) is 3.21. The molecule has 0 spiro atoms. The number of carbonyl (C=O) groups is 2. The second-order valence-corrected chi connectivity index (χ2v) is 7.19. The molecule has 2 amide bonds. The van der Waals surface area contributed by atoms with Crippen LogP contribution in [0.25, 0.3) is 10.8 Å². The molecule has 132 valence electrons. The van der Waals surface area contributed by atoms with Crippen molar-refractivity contribution in [3.63, 3.8) is 0 Å². The lowest BCUT2D eigenvalue weighted by molar-refractivity contribution is 0.0536. The zero-order valence-electron chi connectivity index (χ0n) is 14.1. The number of amides is 2. The Hall–Kier alpha value is -2.86. The first-order valence-electron chi connectivity index (χ1n) is 8.48. The number of fused-ring (bicyclic) bond motifs is 1. The van der Waals surface area contributed by atoms with E-state index in [1.54, 1.807) is 21.9 Å². The van der Waals surface area contributed by atoms with Crippen molar-refractivity contribution in [2.75, 3.05) is 26.2 Å². The van der Waals surface area contributed by atoms with E-state index < -0.39 is 0 Å². The van der Waals surface area contributed by atoms with E-state index in [1.165, 1.54) is 11.3 Å². The van der Waals surface area contributed by atoms with E-state index >= 15 is 0 Å². The van der Waals surface area contributed by atoms with E-state index in [0.29, 0.717) is 37.1 Å². The van der Waals surface area contributed by atoms with Crippen LogP contribution in [0.1, 0.15) is 20.0 Å². The van der Waals surface area contributed by atoms with Gasteiger partial charge in [-0.2, -0.15) is 0 Å². The van der Waals surface area contributed by atoms with Crippen LogP contribution < -0.4 is 0 Å². The maximum absolute atomic E-state index is 12.8. The standard InChI is InChI=1S/C20H18N2O3S/c23-18-15-5-2-1-4-14(15)7-8-16(18)19(24)21-9-11-22(12-10-21)20(25)17-6-3-13-26-17/h1-8,13,23H,9-12H2. The van der Waals surface area contributed by atoms with Crippen LogP contribution in [0.2, 0.25) is 0 Å². The van der Waals surface area contributed by atoms with E-state index in [-0.39, 0.29) is 17.6 Å². The molecule has 0 radical (unpaired) electrons. The summed E-state index contributed by atoms with van der Waals surface area (Å²) in [5.74, 6) is -0.165. The molecule has 1 aliphatic heterocycles. The molecule has 0 aliphatic carbocycles. The van der Waals surface area contributed by atoms with Gasteiger partial charge < -0.3 is 14.9 Å². The molecule has 0 unspecified atom stereocenters. The number of phenols is 1. The van der Waals surface area contributed by atoms with Crippen molar-refractivity contribution in [1.29, 1.82) is 0 Å². The summed E-state index contributed by atoms with van der Waals surface area (Å²) >= 11 is 1.43. The predicted molar refractivity (Wildman–Crippen MR) is 102 cm³/mol. The molecule has 0 atom stereocenters. The largest absolute Gasteiger partial charge is 0.506 e. The van der Waals surface area contributed by atoms with Crippen LogP contribution in [0, 0.1) is 0 Å². The lowest BCUT2D eigenvalue weighted by Gasteiger charge is -2.34. The van der Waals surface area contributed by atoms with Gasteiger partial charge in [-0.15, -0.1) is 11.3 Å². The molecule has 1 aromatic heterocycles. The van der Waals surface area contributed by atoms with Crippen molar-refractivity contribution in [2.24, 2.45) is 0 Å². The van der Waals surface area contributed by atoms with Gasteiger partial charge in [0.15, 0.2) is 0 Å². The van der Waals surface area contributed by atoms with Gasteiger partial charge in [-0.1, -0.05) is 36.4 Å². The van der Waals surface area contributed by atoms with Crippen molar-refractivity contribution in [3.8, 4) is 5.75 Å². The van der Waals surface area contributed by atoms with Gasteiger partial charge in [0.2, 0.25) is 0 Å². The van der Waals surface area contributed by atoms with Crippen molar-refractivity contribution >= 4 is 33.9 Å². The van der Waals surface area contributed by atoms with Gasteiger partial charge >= 0.3 is 0 Å². The third-order valence-electron chi connectivity index (χ3n) is 4.72. The molecule has 1 saturated heterocycles. The molecule has 3 aromatic rings. The van der Waals surface area contributed by atoms with Crippen LogP contribution in [-0.2, 0) is 0 Å². The lowest BCUT2D eigenvalue weighted by atomic mass is 10.0. The average Bonchev–Trinajstić information content (AvgIpc) is 3.22. The average molecular weight is 366 g/mol. The minimum atomic E-state index is -0.198. The summed E-state index contributed by atoms with van der Waals surface area (Å²) < 4.78 is 0. The molecule has 6 heteroatoms. The molecule has 0 bridgehead atoms. The number of hydrogen-bond donors (Lipinski definition) is 1. The van der Waals surface area contributed by atoms with Crippen LogP contribution >= 0.6 is 11.3 Å². The molecule has 5 nitrogen and oxygen atoms in total. The molecule has 1 N–H and O–H groups in total. The topological polar surface area (TPSA) is 60.9 Å². The van der Waals surface area contributed by atoms with Crippen LogP contribution in [0.4, 0.5) is 0 Å². The Labute approximate surface area is 155 Å². The minimum absolute atomic E-state index is 0.0145. The maximum atomic E-state index is 12.8. The first-order chi connectivity index (χ1) is 12.6. The zero-order chi connectivity index (χ0) is 18.1. The number of benzene rings is 2. The van der Waals surface area contributed by atoms with Crippen molar-refractivity contribution in [3.05, 3.63) is 64.4 Å². The summed E-state index contributed by atoms with van der Waals surface area (Å²) in [5.41, 5.74) is 0.307. The van der Waals surface area contributed by atoms with Gasteiger partial charge in [-0.25, -0.2) is 0 Å². The molecule has 1 fully saturated rings. The molecule has 1 aliphatic rings. The Bertz CT molecular complexity index is 960. The fraction of sp³-hybridized carbons (Fsp3) is 0.200. The first kappa shape index (κ1) is 16.6. The van der Waals surface area contributed by atoms with Crippen LogP contribution in [0.5, 0.6) is 5.75 Å².